The molecule has 1 N–H and O–H groups in total. The number of nitrogens with zero attached hydrogens (tertiary/aromatic N) is 3. The van der Waals surface area contributed by atoms with Crippen LogP contribution in [0.2, 0.25) is 10.0 Å². The van der Waals surface area contributed by atoms with Crippen LogP contribution in [0.15, 0.2) is 78.9 Å². The van der Waals surface area contributed by atoms with Crippen LogP contribution >= 0.6 is 23.2 Å². The molecule has 6 nitrogen and oxygen atoms in total. The van der Waals surface area contributed by atoms with Crippen LogP contribution in [0.1, 0.15) is 15.9 Å². The van der Waals surface area contributed by atoms with Gasteiger partial charge >= 0.3 is 0 Å². The standard InChI is InChI=1S/C25H20Cl2N4O2/c1-33-21-13-8-19(9-14-21)24-29-25(28-16-17-6-11-20(26)12-7-17)31(30-24)23(32)15-10-18-4-2-3-5-22(18)27/h2-15H,16H2,1H3,(H,28,29,30). The third kappa shape index (κ3) is 5.61. The van der Waals surface area contributed by atoms with Gasteiger partial charge in [0.2, 0.25) is 5.95 Å². The number of rotatable bonds is 7. The molecule has 1 aromatic heterocycles. The molecule has 0 radical (unpaired) electrons. The molecule has 33 heavy (non-hydrogen) atoms. The molecule has 4 aromatic rings. The molecule has 0 fully saturated rings. The van der Waals surface area contributed by atoms with Crippen molar-refractivity contribution in [3.8, 4) is 17.1 Å². The van der Waals surface area contributed by atoms with Gasteiger partial charge in [-0.3, -0.25) is 4.79 Å². The molecule has 0 unspecified atom stereocenters. The van der Waals surface area contributed by atoms with Crippen LogP contribution in [0.3, 0.4) is 0 Å². The molecule has 0 saturated carbocycles. The molecule has 0 aliphatic rings. The molecular weight excluding hydrogens is 459 g/mol. The second-order valence-corrected chi connectivity index (χ2v) is 7.92. The third-order valence-electron chi connectivity index (χ3n) is 4.84. The van der Waals surface area contributed by atoms with Crippen molar-refractivity contribution in [2.45, 2.75) is 6.54 Å². The third-order valence-corrected chi connectivity index (χ3v) is 5.43. The summed E-state index contributed by atoms with van der Waals surface area (Å²) in [5, 5.41) is 8.85. The summed E-state index contributed by atoms with van der Waals surface area (Å²) < 4.78 is 6.45. The highest BCUT2D eigenvalue weighted by Crippen LogP contribution is 2.22. The topological polar surface area (TPSA) is 69.0 Å². The average molecular weight is 479 g/mol. The number of allylic oxidation sites excluding steroid dienone is 1. The van der Waals surface area contributed by atoms with Gasteiger partial charge in [0.1, 0.15) is 5.75 Å². The van der Waals surface area contributed by atoms with Crippen molar-refractivity contribution in [2.24, 2.45) is 0 Å². The second kappa shape index (κ2) is 10.3. The van der Waals surface area contributed by atoms with Crippen LogP contribution in [0.5, 0.6) is 5.75 Å². The monoisotopic (exact) mass is 478 g/mol. The Morgan fingerprint density at radius 1 is 1.03 bits per heavy atom. The maximum atomic E-state index is 13.0. The molecule has 3 aromatic carbocycles. The quantitative estimate of drug-likeness (QED) is 0.319. The van der Waals surface area contributed by atoms with Gasteiger partial charge in [0.15, 0.2) is 5.82 Å². The van der Waals surface area contributed by atoms with Crippen LogP contribution in [0.4, 0.5) is 5.95 Å². The number of hydrogen-bond donors (Lipinski definition) is 1. The van der Waals surface area contributed by atoms with Gasteiger partial charge in [-0.05, 0) is 59.7 Å². The van der Waals surface area contributed by atoms with Gasteiger partial charge in [0.05, 0.1) is 7.11 Å². The summed E-state index contributed by atoms with van der Waals surface area (Å²) in [5.74, 6) is 1.10. The Kier molecular flexibility index (Phi) is 7.07. The maximum Gasteiger partial charge on any atom is 0.274 e. The molecule has 0 aliphatic carbocycles. The number of methoxy groups -OCH3 is 1. The number of aromatic nitrogens is 3. The molecule has 0 atom stereocenters. The van der Waals surface area contributed by atoms with E-state index in [-0.39, 0.29) is 5.91 Å². The first kappa shape index (κ1) is 22.6. The van der Waals surface area contributed by atoms with E-state index in [2.05, 4.69) is 15.4 Å². The Morgan fingerprint density at radius 3 is 2.45 bits per heavy atom. The number of benzene rings is 3. The largest absolute Gasteiger partial charge is 0.497 e. The fraction of sp³-hybridized carbons (Fsp3) is 0.0800. The van der Waals surface area contributed by atoms with Gasteiger partial charge in [-0.2, -0.15) is 9.67 Å². The first-order valence-electron chi connectivity index (χ1n) is 10.1. The van der Waals surface area contributed by atoms with E-state index in [0.29, 0.717) is 28.4 Å². The minimum atomic E-state index is -0.360. The van der Waals surface area contributed by atoms with Gasteiger partial charge < -0.3 is 10.1 Å². The van der Waals surface area contributed by atoms with Crippen molar-refractivity contribution in [3.63, 3.8) is 0 Å². The van der Waals surface area contributed by atoms with E-state index < -0.39 is 0 Å². The SMILES string of the molecule is COc1ccc(-c2nc(NCc3ccc(Cl)cc3)n(C(=O)C=Cc3ccccc3Cl)n2)cc1. The fourth-order valence-corrected chi connectivity index (χ4v) is 3.39. The smallest absolute Gasteiger partial charge is 0.274 e. The van der Waals surface area contributed by atoms with Crippen LogP contribution in [0.25, 0.3) is 17.5 Å². The number of carbonyl (C=O) groups excluding carboxylic acids is 1. The Labute approximate surface area is 201 Å². The zero-order valence-electron chi connectivity index (χ0n) is 17.7. The molecule has 0 saturated heterocycles. The normalized spacial score (nSPS) is 11.0. The van der Waals surface area contributed by atoms with Crippen LogP contribution in [0, 0.1) is 0 Å². The van der Waals surface area contributed by atoms with Gasteiger partial charge in [0, 0.05) is 28.2 Å². The molecule has 0 spiro atoms. The molecule has 8 heteroatoms. The fourth-order valence-electron chi connectivity index (χ4n) is 3.07. The van der Waals surface area contributed by atoms with E-state index in [4.69, 9.17) is 27.9 Å². The number of ether oxygens (including phenoxy) is 1. The van der Waals surface area contributed by atoms with E-state index in [9.17, 15) is 4.79 Å². The molecular formula is C25H20Cl2N4O2. The zero-order chi connectivity index (χ0) is 23.2. The zero-order valence-corrected chi connectivity index (χ0v) is 19.2. The summed E-state index contributed by atoms with van der Waals surface area (Å²) in [4.78, 5) is 17.6. The Bertz CT molecular complexity index is 1280. The molecule has 0 bridgehead atoms. The minimum absolute atomic E-state index is 0.324. The van der Waals surface area contributed by atoms with E-state index in [1.807, 2.05) is 66.7 Å². The number of hydrogen-bond acceptors (Lipinski definition) is 5. The highest BCUT2D eigenvalue weighted by molar-refractivity contribution is 6.32. The first-order chi connectivity index (χ1) is 16.0. The lowest BCUT2D eigenvalue weighted by Crippen LogP contribution is -2.14. The Hall–Kier alpha value is -3.61. The van der Waals surface area contributed by atoms with Crippen LogP contribution in [-0.4, -0.2) is 27.8 Å². The van der Waals surface area contributed by atoms with Crippen molar-refractivity contribution in [2.75, 3.05) is 12.4 Å². The van der Waals surface area contributed by atoms with Crippen molar-refractivity contribution in [1.82, 2.24) is 14.8 Å². The second-order valence-electron chi connectivity index (χ2n) is 7.07. The number of carbonyl (C=O) groups is 1. The average Bonchev–Trinajstić information content (AvgIpc) is 3.27. The van der Waals surface area contributed by atoms with E-state index >= 15 is 0 Å². The Balaban J connectivity index is 1.63. The number of nitrogens with one attached hydrogen (secondary N) is 1. The predicted molar refractivity (Wildman–Crippen MR) is 132 cm³/mol. The highest BCUT2D eigenvalue weighted by atomic mass is 35.5. The van der Waals surface area contributed by atoms with Crippen LogP contribution in [-0.2, 0) is 6.54 Å². The van der Waals surface area contributed by atoms with Gasteiger partial charge in [-0.25, -0.2) is 0 Å². The molecule has 166 valence electrons. The molecule has 4 rings (SSSR count). The summed E-state index contributed by atoms with van der Waals surface area (Å²) in [7, 11) is 1.60. The first-order valence-corrected chi connectivity index (χ1v) is 10.9. The summed E-state index contributed by atoms with van der Waals surface area (Å²) in [6.45, 7) is 0.444. The lowest BCUT2D eigenvalue weighted by Gasteiger charge is -2.06. The summed E-state index contributed by atoms with van der Waals surface area (Å²) >= 11 is 12.2. The van der Waals surface area contributed by atoms with Crippen molar-refractivity contribution >= 4 is 41.1 Å². The van der Waals surface area contributed by atoms with Crippen LogP contribution < -0.4 is 10.1 Å². The molecule has 1 heterocycles. The summed E-state index contributed by atoms with van der Waals surface area (Å²) in [5.41, 5.74) is 2.48. The van der Waals surface area contributed by atoms with Gasteiger partial charge in [0.25, 0.3) is 5.91 Å². The Morgan fingerprint density at radius 2 is 1.76 bits per heavy atom. The van der Waals surface area contributed by atoms with Gasteiger partial charge in [-0.1, -0.05) is 53.5 Å². The van der Waals surface area contributed by atoms with Crippen molar-refractivity contribution < 1.29 is 9.53 Å². The van der Waals surface area contributed by atoms with Gasteiger partial charge in [-0.15, -0.1) is 5.10 Å². The lowest BCUT2D eigenvalue weighted by atomic mass is 10.2. The van der Waals surface area contributed by atoms with Crippen molar-refractivity contribution in [3.05, 3.63) is 100 Å². The predicted octanol–water partition coefficient (Wildman–Crippen LogP) is 6.23. The lowest BCUT2D eigenvalue weighted by molar-refractivity contribution is 0.0957. The summed E-state index contributed by atoms with van der Waals surface area (Å²) in [6.07, 6.45) is 3.07. The molecule has 0 amide bonds. The van der Waals surface area contributed by atoms with Crippen molar-refractivity contribution in [1.29, 1.82) is 0 Å². The van der Waals surface area contributed by atoms with E-state index in [0.717, 1.165) is 22.4 Å². The highest BCUT2D eigenvalue weighted by Gasteiger charge is 2.16. The van der Waals surface area contributed by atoms with E-state index in [1.54, 1.807) is 19.3 Å². The minimum Gasteiger partial charge on any atom is -0.497 e. The maximum absolute atomic E-state index is 13.0. The number of halogens is 2. The number of anilines is 1. The van der Waals surface area contributed by atoms with E-state index in [1.165, 1.54) is 10.8 Å². The summed E-state index contributed by atoms with van der Waals surface area (Å²) in [6, 6.07) is 22.0. The molecule has 0 aliphatic heterocycles.